The molecule has 2 N–H and O–H groups in total. The maximum atomic E-state index is 4.57. The molecule has 3 rings (SSSR count). The van der Waals surface area contributed by atoms with Crippen LogP contribution in [0.4, 0.5) is 17.5 Å². The maximum Gasteiger partial charge on any atom is 0.225 e. The van der Waals surface area contributed by atoms with E-state index in [2.05, 4.69) is 70.8 Å². The van der Waals surface area contributed by atoms with Crippen LogP contribution in [0.3, 0.4) is 0 Å². The van der Waals surface area contributed by atoms with Crippen LogP contribution in [0.25, 0.3) is 0 Å². The minimum Gasteiger partial charge on any atom is -0.350 e. The Balaban J connectivity index is 1.70. The summed E-state index contributed by atoms with van der Waals surface area (Å²) in [6.07, 6.45) is 0. The summed E-state index contributed by atoms with van der Waals surface area (Å²) < 4.78 is 0. The lowest BCUT2D eigenvalue weighted by Crippen LogP contribution is -2.06. The third-order valence-corrected chi connectivity index (χ3v) is 4.00. The molecule has 0 aliphatic carbocycles. The molecule has 0 radical (unpaired) electrons. The number of hydrogen-bond donors (Lipinski definition) is 2. The smallest absolute Gasteiger partial charge is 0.225 e. The van der Waals surface area contributed by atoms with Crippen LogP contribution in [0.5, 0.6) is 0 Å². The highest BCUT2D eigenvalue weighted by Gasteiger charge is 2.04. The van der Waals surface area contributed by atoms with E-state index < -0.39 is 0 Å². The number of benzene rings is 2. The highest BCUT2D eigenvalue weighted by atomic mass is 15.1. The van der Waals surface area contributed by atoms with E-state index in [0.29, 0.717) is 18.4 Å². The van der Waals surface area contributed by atoms with Crippen LogP contribution in [0.15, 0.2) is 60.7 Å². The first-order chi connectivity index (χ1) is 12.1. The molecule has 0 fully saturated rings. The topological polar surface area (TPSA) is 49.8 Å². The van der Waals surface area contributed by atoms with Gasteiger partial charge in [0.2, 0.25) is 5.95 Å². The minimum absolute atomic E-state index is 0.532. The van der Waals surface area contributed by atoms with Gasteiger partial charge in [-0.3, -0.25) is 0 Å². The number of aryl methyl sites for hydroxylation is 1. The first-order valence-electron chi connectivity index (χ1n) is 8.60. The summed E-state index contributed by atoms with van der Waals surface area (Å²) in [6.45, 7) is 7.07. The number of nitrogens with one attached hydrogen (secondary N) is 2. The van der Waals surface area contributed by atoms with Crippen molar-refractivity contribution in [2.75, 3.05) is 10.6 Å². The highest BCUT2D eigenvalue weighted by molar-refractivity contribution is 5.58. The van der Waals surface area contributed by atoms with Gasteiger partial charge in [0.05, 0.1) is 0 Å². The van der Waals surface area contributed by atoms with Gasteiger partial charge in [-0.25, -0.2) is 4.98 Å². The summed E-state index contributed by atoms with van der Waals surface area (Å²) in [4.78, 5) is 9.03. The lowest BCUT2D eigenvalue weighted by molar-refractivity contribution is 0.867. The first-order valence-corrected chi connectivity index (χ1v) is 8.60. The number of nitrogens with zero attached hydrogens (tertiary/aromatic N) is 2. The third kappa shape index (κ3) is 4.80. The van der Waals surface area contributed by atoms with E-state index in [0.717, 1.165) is 17.2 Å². The summed E-state index contributed by atoms with van der Waals surface area (Å²) in [5, 5.41) is 6.65. The van der Waals surface area contributed by atoms with Crippen molar-refractivity contribution in [1.29, 1.82) is 0 Å². The summed E-state index contributed by atoms with van der Waals surface area (Å²) in [6, 6.07) is 20.7. The summed E-state index contributed by atoms with van der Waals surface area (Å²) >= 11 is 0. The van der Waals surface area contributed by atoms with Crippen LogP contribution < -0.4 is 10.6 Å². The Morgan fingerprint density at radius 3 is 2.32 bits per heavy atom. The fourth-order valence-electron chi connectivity index (χ4n) is 2.59. The Bertz CT molecular complexity index is 811. The molecule has 0 spiro atoms. The molecule has 0 bridgehead atoms. The highest BCUT2D eigenvalue weighted by Crippen LogP contribution is 2.20. The van der Waals surface area contributed by atoms with Gasteiger partial charge in [-0.2, -0.15) is 4.98 Å². The van der Waals surface area contributed by atoms with Crippen LogP contribution in [0.1, 0.15) is 36.6 Å². The zero-order valence-electron chi connectivity index (χ0n) is 15.0. The van der Waals surface area contributed by atoms with Gasteiger partial charge in [0, 0.05) is 24.0 Å². The molecule has 3 aromatic rings. The van der Waals surface area contributed by atoms with E-state index in [-0.39, 0.29) is 0 Å². The third-order valence-electron chi connectivity index (χ3n) is 4.00. The van der Waals surface area contributed by atoms with E-state index in [1.807, 2.05) is 31.2 Å². The molecule has 2 aromatic carbocycles. The molecule has 25 heavy (non-hydrogen) atoms. The second-order valence-electron chi connectivity index (χ2n) is 6.46. The molecule has 4 heteroatoms. The quantitative estimate of drug-likeness (QED) is 0.646. The fourth-order valence-corrected chi connectivity index (χ4v) is 2.59. The minimum atomic E-state index is 0.532. The Labute approximate surface area is 149 Å². The molecule has 1 aromatic heterocycles. The number of rotatable bonds is 6. The Hall–Kier alpha value is -2.88. The number of anilines is 3. The average molecular weight is 332 g/mol. The molecular formula is C21H24N4. The first kappa shape index (κ1) is 17.0. The maximum absolute atomic E-state index is 4.57. The van der Waals surface area contributed by atoms with Crippen LogP contribution in [-0.2, 0) is 6.54 Å². The largest absolute Gasteiger partial charge is 0.350 e. The van der Waals surface area contributed by atoms with Crippen molar-refractivity contribution < 1.29 is 0 Å². The summed E-state index contributed by atoms with van der Waals surface area (Å²) in [5.41, 5.74) is 4.48. The van der Waals surface area contributed by atoms with Crippen molar-refractivity contribution >= 4 is 17.5 Å². The second-order valence-corrected chi connectivity index (χ2v) is 6.46. The molecule has 4 nitrogen and oxygen atoms in total. The molecule has 0 aliphatic heterocycles. The van der Waals surface area contributed by atoms with Crippen molar-refractivity contribution in [3.8, 4) is 0 Å². The predicted octanol–water partition coefficient (Wildman–Crippen LogP) is 5.26. The van der Waals surface area contributed by atoms with Gasteiger partial charge in [-0.15, -0.1) is 0 Å². The van der Waals surface area contributed by atoms with Gasteiger partial charge >= 0.3 is 0 Å². The standard InChI is InChI=1S/C21H24N4/c1-15(2)18-9-11-19(12-10-18)24-20-13-16(3)23-21(25-20)22-14-17-7-5-4-6-8-17/h4-13,15H,14H2,1-3H3,(H2,22,23,24,25). The number of hydrogen-bond acceptors (Lipinski definition) is 4. The molecule has 0 aliphatic rings. The molecule has 0 amide bonds. The Morgan fingerprint density at radius 1 is 0.920 bits per heavy atom. The average Bonchev–Trinajstić information content (AvgIpc) is 2.61. The van der Waals surface area contributed by atoms with Crippen LogP contribution in [-0.4, -0.2) is 9.97 Å². The van der Waals surface area contributed by atoms with Gasteiger partial charge in [0.1, 0.15) is 5.82 Å². The van der Waals surface area contributed by atoms with Gasteiger partial charge < -0.3 is 10.6 Å². The van der Waals surface area contributed by atoms with E-state index in [1.165, 1.54) is 11.1 Å². The molecular weight excluding hydrogens is 308 g/mol. The molecule has 0 saturated carbocycles. The van der Waals surface area contributed by atoms with Crippen molar-refractivity contribution in [2.45, 2.75) is 33.2 Å². The van der Waals surface area contributed by atoms with Crippen LogP contribution >= 0.6 is 0 Å². The number of aromatic nitrogens is 2. The van der Waals surface area contributed by atoms with Gasteiger partial charge in [-0.1, -0.05) is 56.3 Å². The Kier molecular flexibility index (Phi) is 5.29. The predicted molar refractivity (Wildman–Crippen MR) is 104 cm³/mol. The Morgan fingerprint density at radius 2 is 1.64 bits per heavy atom. The van der Waals surface area contributed by atoms with Crippen molar-refractivity contribution in [3.63, 3.8) is 0 Å². The van der Waals surface area contributed by atoms with Gasteiger partial charge in [0.15, 0.2) is 0 Å². The van der Waals surface area contributed by atoms with E-state index in [4.69, 9.17) is 0 Å². The summed E-state index contributed by atoms with van der Waals surface area (Å²) in [7, 11) is 0. The SMILES string of the molecule is Cc1cc(Nc2ccc(C(C)C)cc2)nc(NCc2ccccc2)n1. The second kappa shape index (κ2) is 7.79. The van der Waals surface area contributed by atoms with Gasteiger partial charge in [-0.05, 0) is 36.1 Å². The van der Waals surface area contributed by atoms with Crippen molar-refractivity contribution in [3.05, 3.63) is 77.5 Å². The summed E-state index contributed by atoms with van der Waals surface area (Å²) in [5.74, 6) is 1.95. The van der Waals surface area contributed by atoms with Crippen LogP contribution in [0, 0.1) is 6.92 Å². The molecule has 128 valence electrons. The molecule has 0 atom stereocenters. The lowest BCUT2D eigenvalue weighted by Gasteiger charge is -2.11. The zero-order chi connectivity index (χ0) is 17.6. The van der Waals surface area contributed by atoms with Crippen molar-refractivity contribution in [1.82, 2.24) is 9.97 Å². The van der Waals surface area contributed by atoms with E-state index >= 15 is 0 Å². The molecule has 0 saturated heterocycles. The normalized spacial score (nSPS) is 10.7. The van der Waals surface area contributed by atoms with Crippen molar-refractivity contribution in [2.24, 2.45) is 0 Å². The van der Waals surface area contributed by atoms with Crippen LogP contribution in [0.2, 0.25) is 0 Å². The van der Waals surface area contributed by atoms with E-state index in [9.17, 15) is 0 Å². The van der Waals surface area contributed by atoms with Gasteiger partial charge in [0.25, 0.3) is 0 Å². The monoisotopic (exact) mass is 332 g/mol. The van der Waals surface area contributed by atoms with E-state index in [1.54, 1.807) is 0 Å². The lowest BCUT2D eigenvalue weighted by atomic mass is 10.0. The molecule has 0 unspecified atom stereocenters. The zero-order valence-corrected chi connectivity index (χ0v) is 15.0. The fraction of sp³-hybridized carbons (Fsp3) is 0.238. The molecule has 1 heterocycles.